The van der Waals surface area contributed by atoms with E-state index in [1.807, 2.05) is 34.9 Å². The van der Waals surface area contributed by atoms with Crippen molar-refractivity contribution in [3.05, 3.63) is 36.9 Å². The van der Waals surface area contributed by atoms with Gasteiger partial charge in [-0.3, -0.25) is 9.36 Å². The Hall–Kier alpha value is -2.28. The lowest BCUT2D eigenvalue weighted by molar-refractivity contribution is -0.120. The van der Waals surface area contributed by atoms with Crippen LogP contribution in [0.4, 0.5) is 0 Å². The average molecular weight is 415 g/mol. The summed E-state index contributed by atoms with van der Waals surface area (Å²) in [6.45, 7) is 8.93. The van der Waals surface area contributed by atoms with Crippen molar-refractivity contribution in [2.24, 2.45) is 11.8 Å². The summed E-state index contributed by atoms with van der Waals surface area (Å²) in [7, 11) is 1.64. The van der Waals surface area contributed by atoms with Gasteiger partial charge in [0.2, 0.25) is 5.91 Å². The second-order valence-corrected chi connectivity index (χ2v) is 8.61. The number of aromatic nitrogens is 3. The van der Waals surface area contributed by atoms with Gasteiger partial charge in [0.1, 0.15) is 5.75 Å². The summed E-state index contributed by atoms with van der Waals surface area (Å²) in [5.41, 5.74) is 0.946. The molecule has 1 amide bonds. The number of hydrogen-bond acceptors (Lipinski definition) is 5. The van der Waals surface area contributed by atoms with E-state index in [0.29, 0.717) is 24.1 Å². The molecule has 1 saturated carbocycles. The molecule has 1 aromatic heterocycles. The number of amides is 1. The van der Waals surface area contributed by atoms with E-state index in [1.165, 1.54) is 24.6 Å². The number of thioether (sulfide) groups is 1. The van der Waals surface area contributed by atoms with Crippen LogP contribution < -0.4 is 10.1 Å². The molecule has 0 unspecified atom stereocenters. The second-order valence-electron chi connectivity index (χ2n) is 7.66. The van der Waals surface area contributed by atoms with Gasteiger partial charge in [0.15, 0.2) is 11.0 Å². The Morgan fingerprint density at radius 2 is 2.07 bits per heavy atom. The van der Waals surface area contributed by atoms with Crippen LogP contribution in [0, 0.1) is 11.8 Å². The zero-order chi connectivity index (χ0) is 20.8. The number of benzene rings is 1. The Morgan fingerprint density at radius 1 is 1.31 bits per heavy atom. The summed E-state index contributed by atoms with van der Waals surface area (Å²) in [5, 5.41) is 12.6. The maximum absolute atomic E-state index is 12.5. The van der Waals surface area contributed by atoms with Crippen molar-refractivity contribution in [2.45, 2.75) is 50.9 Å². The van der Waals surface area contributed by atoms with Gasteiger partial charge in [0.05, 0.1) is 12.9 Å². The summed E-state index contributed by atoms with van der Waals surface area (Å²) in [6, 6.07) is 7.97. The Kier molecular flexibility index (Phi) is 7.36. The van der Waals surface area contributed by atoms with Crippen LogP contribution in [0.25, 0.3) is 11.4 Å². The molecule has 0 aliphatic heterocycles. The molecule has 2 aromatic rings. The molecule has 0 bridgehead atoms. The van der Waals surface area contributed by atoms with Crippen LogP contribution in [0.3, 0.4) is 0 Å². The largest absolute Gasteiger partial charge is 0.497 e. The highest BCUT2D eigenvalue weighted by Gasteiger charge is 2.28. The van der Waals surface area contributed by atoms with E-state index in [1.54, 1.807) is 7.11 Å². The molecule has 1 aliphatic rings. The van der Waals surface area contributed by atoms with Gasteiger partial charge in [0, 0.05) is 18.2 Å². The predicted octanol–water partition coefficient (Wildman–Crippen LogP) is 4.17. The van der Waals surface area contributed by atoms with Crippen molar-refractivity contribution < 1.29 is 9.53 Å². The first-order valence-corrected chi connectivity index (χ1v) is 11.1. The first-order valence-electron chi connectivity index (χ1n) is 10.1. The average Bonchev–Trinajstić information content (AvgIpc) is 3.13. The first kappa shape index (κ1) is 21.4. The van der Waals surface area contributed by atoms with Crippen molar-refractivity contribution in [1.82, 2.24) is 20.1 Å². The molecule has 1 N–H and O–H groups in total. The number of rotatable bonds is 8. The monoisotopic (exact) mass is 414 g/mol. The van der Waals surface area contributed by atoms with Gasteiger partial charge >= 0.3 is 0 Å². The van der Waals surface area contributed by atoms with Crippen molar-refractivity contribution in [3.8, 4) is 17.1 Å². The zero-order valence-corrected chi connectivity index (χ0v) is 18.2. The van der Waals surface area contributed by atoms with E-state index in [9.17, 15) is 4.79 Å². The van der Waals surface area contributed by atoms with Crippen molar-refractivity contribution in [1.29, 1.82) is 0 Å². The molecule has 1 fully saturated rings. The molecular weight excluding hydrogens is 384 g/mol. The third-order valence-electron chi connectivity index (χ3n) is 5.76. The number of allylic oxidation sites excluding steroid dienone is 1. The first-order chi connectivity index (χ1) is 14.0. The fourth-order valence-electron chi connectivity index (χ4n) is 3.81. The zero-order valence-electron chi connectivity index (χ0n) is 17.4. The summed E-state index contributed by atoms with van der Waals surface area (Å²) in [6.07, 6.45) is 5.31. The van der Waals surface area contributed by atoms with Crippen LogP contribution in [0.15, 0.2) is 42.1 Å². The molecule has 0 spiro atoms. The predicted molar refractivity (Wildman–Crippen MR) is 117 cm³/mol. The smallest absolute Gasteiger partial charge is 0.230 e. The van der Waals surface area contributed by atoms with Crippen molar-refractivity contribution in [2.75, 3.05) is 12.9 Å². The number of carbonyl (C=O) groups excluding carboxylic acids is 1. The van der Waals surface area contributed by atoms with Gasteiger partial charge in [-0.1, -0.05) is 44.5 Å². The van der Waals surface area contributed by atoms with E-state index < -0.39 is 0 Å². The number of carbonyl (C=O) groups is 1. The van der Waals surface area contributed by atoms with Crippen molar-refractivity contribution in [3.63, 3.8) is 0 Å². The van der Waals surface area contributed by atoms with Gasteiger partial charge in [0.25, 0.3) is 0 Å². The second kappa shape index (κ2) is 9.96. The Balaban J connectivity index is 1.66. The highest BCUT2D eigenvalue weighted by Crippen LogP contribution is 2.30. The van der Waals surface area contributed by atoms with E-state index in [0.717, 1.165) is 28.7 Å². The maximum Gasteiger partial charge on any atom is 0.230 e. The molecular formula is C22H30N4O2S. The lowest BCUT2D eigenvalue weighted by Gasteiger charge is -2.34. The summed E-state index contributed by atoms with van der Waals surface area (Å²) in [5.74, 6) is 3.11. The molecule has 1 heterocycles. The summed E-state index contributed by atoms with van der Waals surface area (Å²) >= 11 is 1.41. The van der Waals surface area contributed by atoms with E-state index in [-0.39, 0.29) is 11.9 Å². The van der Waals surface area contributed by atoms with Gasteiger partial charge < -0.3 is 10.1 Å². The van der Waals surface area contributed by atoms with Crippen LogP contribution in [0.2, 0.25) is 0 Å². The molecule has 1 aromatic carbocycles. The maximum atomic E-state index is 12.5. The molecule has 3 rings (SSSR count). The quantitative estimate of drug-likeness (QED) is 0.519. The number of nitrogens with one attached hydrogen (secondary N) is 1. The fraction of sp³-hybridized carbons (Fsp3) is 0.500. The molecule has 1 aliphatic carbocycles. The van der Waals surface area contributed by atoms with E-state index in [4.69, 9.17) is 4.74 Å². The standard InChI is InChI=1S/C22H30N4O2S/c1-5-13-26-21(17-9-11-18(28-4)12-10-17)24-25-22(26)29-14-20(27)23-19-8-6-7-15(2)16(19)3/h5,9-12,15-16,19H,1,6-8,13-14H2,2-4H3,(H,23,27)/t15-,16+,19+/m0/s1. The van der Waals surface area contributed by atoms with Crippen LogP contribution in [-0.2, 0) is 11.3 Å². The highest BCUT2D eigenvalue weighted by atomic mass is 32.2. The number of methoxy groups -OCH3 is 1. The summed E-state index contributed by atoms with van der Waals surface area (Å²) < 4.78 is 7.21. The minimum atomic E-state index is 0.0556. The molecule has 0 radical (unpaired) electrons. The van der Waals surface area contributed by atoms with E-state index in [2.05, 4.69) is 35.9 Å². The molecule has 0 saturated heterocycles. The van der Waals surface area contributed by atoms with E-state index >= 15 is 0 Å². The lowest BCUT2D eigenvalue weighted by Crippen LogP contribution is -2.44. The van der Waals surface area contributed by atoms with Crippen molar-refractivity contribution >= 4 is 17.7 Å². The molecule has 7 heteroatoms. The van der Waals surface area contributed by atoms with Crippen LogP contribution in [0.1, 0.15) is 33.1 Å². The Morgan fingerprint density at radius 3 is 2.76 bits per heavy atom. The lowest BCUT2D eigenvalue weighted by atomic mass is 9.78. The van der Waals surface area contributed by atoms with Crippen LogP contribution in [0.5, 0.6) is 5.75 Å². The topological polar surface area (TPSA) is 69.0 Å². The third-order valence-corrected chi connectivity index (χ3v) is 6.73. The summed E-state index contributed by atoms with van der Waals surface area (Å²) in [4.78, 5) is 12.5. The molecule has 156 valence electrons. The minimum absolute atomic E-state index is 0.0556. The van der Waals surface area contributed by atoms with Gasteiger partial charge in [-0.15, -0.1) is 16.8 Å². The van der Waals surface area contributed by atoms with Gasteiger partial charge in [-0.05, 0) is 42.5 Å². The van der Waals surface area contributed by atoms with Gasteiger partial charge in [-0.25, -0.2) is 0 Å². The SMILES string of the molecule is C=CCn1c(SCC(=O)N[C@@H]2CCC[C@H](C)[C@H]2C)nnc1-c1ccc(OC)cc1. The Labute approximate surface area is 177 Å². The molecule has 3 atom stereocenters. The number of hydrogen-bond donors (Lipinski definition) is 1. The number of nitrogens with zero attached hydrogens (tertiary/aromatic N) is 3. The third kappa shape index (κ3) is 5.21. The minimum Gasteiger partial charge on any atom is -0.497 e. The molecule has 6 nitrogen and oxygen atoms in total. The Bertz CT molecular complexity index is 834. The van der Waals surface area contributed by atoms with Crippen LogP contribution in [-0.4, -0.2) is 39.6 Å². The highest BCUT2D eigenvalue weighted by molar-refractivity contribution is 7.99. The number of ether oxygens (including phenoxy) is 1. The fourth-order valence-corrected chi connectivity index (χ4v) is 4.57. The van der Waals surface area contributed by atoms with Gasteiger partial charge in [-0.2, -0.15) is 0 Å². The normalized spacial score (nSPS) is 21.6. The van der Waals surface area contributed by atoms with Crippen LogP contribution >= 0.6 is 11.8 Å². The molecule has 29 heavy (non-hydrogen) atoms.